The number of phosphoric acid groups is 1. The van der Waals surface area contributed by atoms with Gasteiger partial charge in [0.2, 0.25) is 5.72 Å². The summed E-state index contributed by atoms with van der Waals surface area (Å²) in [5, 5.41) is 30.8. The molecule has 4 rings (SSSR count). The molecule has 1 saturated heterocycles. The SMILES string of the molecule is Nc1nnnc2c1ncn2[C@@]12C=C[C@@]1(OP(=O)(O)O)[C@H](O)[C@@H](CO)O2. The molecule has 1 fully saturated rings. The molecule has 3 heterocycles. The number of nitrogens with two attached hydrogens (primary N) is 1. The van der Waals surface area contributed by atoms with Crippen molar-refractivity contribution in [3.8, 4) is 0 Å². The third-order valence-electron chi connectivity index (χ3n) is 4.32. The van der Waals surface area contributed by atoms with Gasteiger partial charge in [-0.25, -0.2) is 9.55 Å². The lowest BCUT2D eigenvalue weighted by Gasteiger charge is -2.47. The first kappa shape index (κ1) is 16.5. The zero-order valence-electron chi connectivity index (χ0n) is 12.4. The number of nitrogen functional groups attached to an aromatic ring is 1. The number of phosphoric ester groups is 1. The summed E-state index contributed by atoms with van der Waals surface area (Å²) >= 11 is 0. The van der Waals surface area contributed by atoms with Crippen LogP contribution in [0, 0.1) is 0 Å². The summed E-state index contributed by atoms with van der Waals surface area (Å²) < 4.78 is 23.3. The van der Waals surface area contributed by atoms with Crippen molar-refractivity contribution < 1.29 is 33.8 Å². The number of aromatic nitrogens is 5. The zero-order chi connectivity index (χ0) is 18.0. The first-order chi connectivity index (χ1) is 11.7. The largest absolute Gasteiger partial charge is 0.470 e. The summed E-state index contributed by atoms with van der Waals surface area (Å²) in [4.78, 5) is 22.6. The zero-order valence-corrected chi connectivity index (χ0v) is 13.3. The summed E-state index contributed by atoms with van der Waals surface area (Å²) in [5.74, 6) is -0.0118. The third-order valence-corrected chi connectivity index (χ3v) is 4.86. The minimum absolute atomic E-state index is 0.0118. The van der Waals surface area contributed by atoms with Gasteiger partial charge in [-0.15, -0.1) is 10.2 Å². The Morgan fingerprint density at radius 2 is 2.16 bits per heavy atom. The number of nitrogens with zero attached hydrogens (tertiary/aromatic N) is 5. The minimum Gasteiger partial charge on any atom is -0.394 e. The highest BCUT2D eigenvalue weighted by Gasteiger charge is 2.72. The van der Waals surface area contributed by atoms with Crippen LogP contribution in [-0.2, 0) is 19.6 Å². The van der Waals surface area contributed by atoms with Crippen molar-refractivity contribution in [1.29, 1.82) is 0 Å². The van der Waals surface area contributed by atoms with Gasteiger partial charge in [-0.05, 0) is 17.4 Å². The Morgan fingerprint density at radius 3 is 2.76 bits per heavy atom. The van der Waals surface area contributed by atoms with Crippen molar-refractivity contribution in [1.82, 2.24) is 25.0 Å². The Labute approximate surface area is 138 Å². The molecule has 25 heavy (non-hydrogen) atoms. The highest BCUT2D eigenvalue weighted by Crippen LogP contribution is 2.60. The number of anilines is 1. The Hall–Kier alpha value is -1.99. The number of aliphatic hydroxyl groups is 2. The fourth-order valence-corrected chi connectivity index (χ4v) is 3.93. The van der Waals surface area contributed by atoms with E-state index in [9.17, 15) is 24.6 Å². The maximum absolute atomic E-state index is 11.5. The van der Waals surface area contributed by atoms with Crippen LogP contribution in [0.1, 0.15) is 0 Å². The molecule has 0 aromatic carbocycles. The van der Waals surface area contributed by atoms with Crippen molar-refractivity contribution in [2.75, 3.05) is 12.3 Å². The van der Waals surface area contributed by atoms with Crippen LogP contribution in [0.4, 0.5) is 5.82 Å². The van der Waals surface area contributed by atoms with E-state index < -0.39 is 38.0 Å². The molecule has 0 spiro atoms. The number of fused-ring (bicyclic) bond motifs is 2. The third kappa shape index (κ3) is 2.02. The van der Waals surface area contributed by atoms with Crippen molar-refractivity contribution in [2.24, 2.45) is 0 Å². The maximum atomic E-state index is 11.5. The molecule has 14 heteroatoms. The molecular formula is C11H13N6O7P. The normalized spacial score (nSPS) is 34.2. The van der Waals surface area contributed by atoms with E-state index in [0.29, 0.717) is 0 Å². The van der Waals surface area contributed by atoms with E-state index in [4.69, 9.17) is 15.0 Å². The second kappa shape index (κ2) is 5.02. The van der Waals surface area contributed by atoms with Crippen molar-refractivity contribution in [2.45, 2.75) is 23.5 Å². The second-order valence-corrected chi connectivity index (χ2v) is 6.81. The van der Waals surface area contributed by atoms with E-state index in [1.807, 2.05) is 0 Å². The molecule has 0 saturated carbocycles. The van der Waals surface area contributed by atoms with E-state index in [-0.39, 0.29) is 17.0 Å². The molecule has 1 aliphatic heterocycles. The van der Waals surface area contributed by atoms with E-state index >= 15 is 0 Å². The average Bonchev–Trinajstić information content (AvgIpc) is 3.02. The first-order valence-corrected chi connectivity index (χ1v) is 8.53. The van der Waals surface area contributed by atoms with Crippen molar-refractivity contribution >= 4 is 24.8 Å². The lowest BCUT2D eigenvalue weighted by Crippen LogP contribution is -2.61. The highest BCUT2D eigenvalue weighted by atomic mass is 31.2. The molecule has 1 aliphatic carbocycles. The Morgan fingerprint density at radius 1 is 1.40 bits per heavy atom. The van der Waals surface area contributed by atoms with E-state index in [2.05, 4.69) is 20.4 Å². The van der Waals surface area contributed by atoms with Crippen LogP contribution in [0.3, 0.4) is 0 Å². The predicted molar refractivity (Wildman–Crippen MR) is 78.5 cm³/mol. The summed E-state index contributed by atoms with van der Waals surface area (Å²) in [7, 11) is -5.03. The number of rotatable bonds is 4. The van der Waals surface area contributed by atoms with Crippen LogP contribution in [-0.4, -0.2) is 69.4 Å². The number of imidazole rings is 1. The van der Waals surface area contributed by atoms with Gasteiger partial charge < -0.3 is 30.5 Å². The van der Waals surface area contributed by atoms with Crippen molar-refractivity contribution in [3.63, 3.8) is 0 Å². The van der Waals surface area contributed by atoms with Gasteiger partial charge in [0.25, 0.3) is 0 Å². The maximum Gasteiger partial charge on any atom is 0.470 e. The molecule has 2 aliphatic rings. The molecular weight excluding hydrogens is 359 g/mol. The molecule has 0 unspecified atom stereocenters. The van der Waals surface area contributed by atoms with Gasteiger partial charge in [0.1, 0.15) is 18.5 Å². The second-order valence-electron chi connectivity index (χ2n) is 5.65. The van der Waals surface area contributed by atoms with Crippen LogP contribution in [0.25, 0.3) is 11.2 Å². The fourth-order valence-electron chi connectivity index (χ4n) is 3.23. The lowest BCUT2D eigenvalue weighted by atomic mass is 9.76. The molecule has 0 radical (unpaired) electrons. The molecule has 6 N–H and O–H groups in total. The standard InChI is InChI=1S/C11H13N6O7P/c12-8-6-9(15-16-14-8)17(4-13-6)11-2-1-10(11,24-25(20,21)22)7(19)5(3-18)23-11/h1-2,4-5,7,18-19H,3H2,(H2,12,14,15)(H2,20,21,22)/t5-,7-,10-,11-/m1/s1. The number of hydrogen-bond donors (Lipinski definition) is 5. The van der Waals surface area contributed by atoms with E-state index in [1.54, 1.807) is 0 Å². The van der Waals surface area contributed by atoms with Gasteiger partial charge in [-0.2, -0.15) is 0 Å². The molecule has 0 amide bonds. The van der Waals surface area contributed by atoms with E-state index in [1.165, 1.54) is 23.0 Å². The summed E-state index contributed by atoms with van der Waals surface area (Å²) in [6.45, 7) is -0.612. The monoisotopic (exact) mass is 372 g/mol. The number of hydrogen-bond acceptors (Lipinski definition) is 10. The van der Waals surface area contributed by atoms with Crippen LogP contribution in [0.2, 0.25) is 0 Å². The van der Waals surface area contributed by atoms with Gasteiger partial charge in [-0.3, -0.25) is 9.09 Å². The number of aliphatic hydroxyl groups excluding tert-OH is 2. The molecule has 2 aromatic rings. The van der Waals surface area contributed by atoms with Crippen LogP contribution in [0.5, 0.6) is 0 Å². The van der Waals surface area contributed by atoms with Crippen LogP contribution >= 0.6 is 7.82 Å². The lowest BCUT2D eigenvalue weighted by molar-refractivity contribution is -0.153. The smallest absolute Gasteiger partial charge is 0.394 e. The minimum atomic E-state index is -5.03. The van der Waals surface area contributed by atoms with Crippen LogP contribution < -0.4 is 5.73 Å². The van der Waals surface area contributed by atoms with Gasteiger partial charge in [0.05, 0.1) is 6.61 Å². The topological polar surface area (TPSA) is 199 Å². The number of ether oxygens (including phenoxy) is 1. The predicted octanol–water partition coefficient (Wildman–Crippen LogP) is -2.37. The summed E-state index contributed by atoms with van der Waals surface area (Å²) in [6, 6.07) is 0. The average molecular weight is 372 g/mol. The molecule has 13 nitrogen and oxygen atoms in total. The Bertz CT molecular complexity index is 929. The van der Waals surface area contributed by atoms with Gasteiger partial charge in [0, 0.05) is 0 Å². The van der Waals surface area contributed by atoms with E-state index in [0.717, 1.165) is 0 Å². The molecule has 2 aromatic heterocycles. The Kier molecular flexibility index (Phi) is 3.31. The van der Waals surface area contributed by atoms with Gasteiger partial charge in [-0.1, -0.05) is 0 Å². The fraction of sp³-hybridized carbons (Fsp3) is 0.455. The highest BCUT2D eigenvalue weighted by molar-refractivity contribution is 7.46. The summed E-state index contributed by atoms with van der Waals surface area (Å²) in [5.41, 5.74) is 2.29. The Balaban J connectivity index is 1.93. The first-order valence-electron chi connectivity index (χ1n) is 7.00. The van der Waals surface area contributed by atoms with Gasteiger partial charge >= 0.3 is 7.82 Å². The van der Waals surface area contributed by atoms with Gasteiger partial charge in [0.15, 0.2) is 22.6 Å². The molecule has 134 valence electrons. The van der Waals surface area contributed by atoms with Crippen molar-refractivity contribution in [3.05, 3.63) is 18.5 Å². The quantitative estimate of drug-likeness (QED) is 0.282. The summed E-state index contributed by atoms with van der Waals surface area (Å²) in [6.07, 6.45) is 1.15. The van der Waals surface area contributed by atoms with Crippen LogP contribution in [0.15, 0.2) is 18.5 Å². The molecule has 0 bridgehead atoms. The molecule has 4 atom stereocenters.